The number of nitrogens with zero attached hydrogens (tertiary/aromatic N) is 1. The van der Waals surface area contributed by atoms with Gasteiger partial charge in [-0.2, -0.15) is 5.10 Å². The van der Waals surface area contributed by atoms with Crippen molar-refractivity contribution >= 4 is 11.6 Å². The molecule has 17 heavy (non-hydrogen) atoms. The Morgan fingerprint density at radius 1 is 1.47 bits per heavy atom. The van der Waals surface area contributed by atoms with E-state index < -0.39 is 6.10 Å². The fraction of sp³-hybridized carbons (Fsp3) is 0.333. The van der Waals surface area contributed by atoms with Crippen LogP contribution in [0.4, 0.5) is 4.39 Å². The number of halogens is 1. The van der Waals surface area contributed by atoms with E-state index in [1.165, 1.54) is 24.3 Å². The highest BCUT2D eigenvalue weighted by molar-refractivity contribution is 5.93. The number of nitrogens with one attached hydrogen (secondary N) is 1. The van der Waals surface area contributed by atoms with Crippen LogP contribution in [0.3, 0.4) is 0 Å². The predicted octanol–water partition coefficient (Wildman–Crippen LogP) is 1.37. The highest BCUT2D eigenvalue weighted by atomic mass is 19.1. The van der Waals surface area contributed by atoms with Crippen LogP contribution in [0, 0.1) is 11.7 Å². The standard InChI is InChI=1S/C12H13FN2O2/c1-7-10(6-11(16)15-14-7)12(17)8-2-4-9(13)5-3-8/h2-5,10,12,17H,6H2,1H3,(H,15,16)/t10-,12+/m0/s1. The van der Waals surface area contributed by atoms with Crippen molar-refractivity contribution in [2.24, 2.45) is 11.0 Å². The molecular weight excluding hydrogens is 223 g/mol. The molecule has 1 aromatic carbocycles. The molecule has 0 saturated carbocycles. The Hall–Kier alpha value is -1.75. The zero-order valence-electron chi connectivity index (χ0n) is 9.35. The van der Waals surface area contributed by atoms with Crippen LogP contribution < -0.4 is 5.43 Å². The predicted molar refractivity (Wildman–Crippen MR) is 60.7 cm³/mol. The number of hydrogen-bond donors (Lipinski definition) is 2. The van der Waals surface area contributed by atoms with Crippen LogP contribution in [0.15, 0.2) is 29.4 Å². The Balaban J connectivity index is 2.22. The minimum absolute atomic E-state index is 0.188. The van der Waals surface area contributed by atoms with Crippen molar-refractivity contribution in [2.75, 3.05) is 0 Å². The first-order valence-corrected chi connectivity index (χ1v) is 5.34. The summed E-state index contributed by atoms with van der Waals surface area (Å²) in [6.45, 7) is 1.75. The smallest absolute Gasteiger partial charge is 0.240 e. The molecule has 0 saturated heterocycles. The summed E-state index contributed by atoms with van der Waals surface area (Å²) in [5.74, 6) is -0.927. The van der Waals surface area contributed by atoms with Gasteiger partial charge in [-0.25, -0.2) is 9.82 Å². The Kier molecular flexibility index (Phi) is 3.19. The van der Waals surface area contributed by atoms with Gasteiger partial charge in [-0.3, -0.25) is 4.79 Å². The van der Waals surface area contributed by atoms with Gasteiger partial charge < -0.3 is 5.11 Å². The molecule has 2 atom stereocenters. The zero-order chi connectivity index (χ0) is 12.4. The van der Waals surface area contributed by atoms with Gasteiger partial charge in [0.05, 0.1) is 6.10 Å². The van der Waals surface area contributed by atoms with Gasteiger partial charge in [0.15, 0.2) is 0 Å². The minimum atomic E-state index is -0.842. The zero-order valence-corrected chi connectivity index (χ0v) is 9.35. The van der Waals surface area contributed by atoms with Crippen molar-refractivity contribution in [1.82, 2.24) is 5.43 Å². The van der Waals surface area contributed by atoms with Gasteiger partial charge in [0.1, 0.15) is 5.82 Å². The molecule has 5 heteroatoms. The van der Waals surface area contributed by atoms with E-state index in [1.807, 2.05) is 0 Å². The molecule has 0 spiro atoms. The number of aliphatic hydroxyl groups excluding tert-OH is 1. The van der Waals surface area contributed by atoms with Crippen molar-refractivity contribution in [2.45, 2.75) is 19.4 Å². The highest BCUT2D eigenvalue weighted by Crippen LogP contribution is 2.27. The second kappa shape index (κ2) is 4.63. The van der Waals surface area contributed by atoms with Crippen LogP contribution in [0.5, 0.6) is 0 Å². The van der Waals surface area contributed by atoms with E-state index >= 15 is 0 Å². The largest absolute Gasteiger partial charge is 0.388 e. The average molecular weight is 236 g/mol. The van der Waals surface area contributed by atoms with E-state index in [9.17, 15) is 14.3 Å². The van der Waals surface area contributed by atoms with Crippen LogP contribution in [0.2, 0.25) is 0 Å². The maximum absolute atomic E-state index is 12.8. The van der Waals surface area contributed by atoms with Crippen molar-refractivity contribution in [3.8, 4) is 0 Å². The Morgan fingerprint density at radius 2 is 2.12 bits per heavy atom. The number of carbonyl (C=O) groups is 1. The average Bonchev–Trinajstić information content (AvgIpc) is 2.32. The fourth-order valence-corrected chi connectivity index (χ4v) is 1.86. The van der Waals surface area contributed by atoms with Crippen molar-refractivity contribution in [3.05, 3.63) is 35.6 Å². The SMILES string of the molecule is CC1=NNC(=O)C[C@@H]1[C@H](O)c1ccc(F)cc1. The number of hydrazone groups is 1. The molecule has 1 aromatic rings. The van der Waals surface area contributed by atoms with E-state index in [0.29, 0.717) is 11.3 Å². The molecule has 0 unspecified atom stereocenters. The molecule has 1 aliphatic rings. The van der Waals surface area contributed by atoms with Crippen molar-refractivity contribution < 1.29 is 14.3 Å². The van der Waals surface area contributed by atoms with Gasteiger partial charge in [0.25, 0.3) is 0 Å². The Labute approximate surface area is 98.2 Å². The summed E-state index contributed by atoms with van der Waals surface area (Å²) < 4.78 is 12.8. The maximum Gasteiger partial charge on any atom is 0.240 e. The Morgan fingerprint density at radius 3 is 2.76 bits per heavy atom. The summed E-state index contributed by atoms with van der Waals surface area (Å²) >= 11 is 0. The number of benzene rings is 1. The second-order valence-corrected chi connectivity index (χ2v) is 4.10. The lowest BCUT2D eigenvalue weighted by molar-refractivity contribution is -0.122. The summed E-state index contributed by atoms with van der Waals surface area (Å²) in [5, 5.41) is 14.0. The van der Waals surface area contributed by atoms with E-state index in [-0.39, 0.29) is 24.1 Å². The molecule has 1 heterocycles. The van der Waals surface area contributed by atoms with Gasteiger partial charge in [0, 0.05) is 18.1 Å². The molecule has 1 aliphatic heterocycles. The van der Waals surface area contributed by atoms with Crippen LogP contribution in [0.1, 0.15) is 25.0 Å². The van der Waals surface area contributed by atoms with Gasteiger partial charge in [-0.05, 0) is 24.6 Å². The molecule has 4 nitrogen and oxygen atoms in total. The van der Waals surface area contributed by atoms with Gasteiger partial charge >= 0.3 is 0 Å². The van der Waals surface area contributed by atoms with E-state index in [1.54, 1.807) is 6.92 Å². The van der Waals surface area contributed by atoms with Gasteiger partial charge in [-0.15, -0.1) is 0 Å². The third-order valence-corrected chi connectivity index (χ3v) is 2.89. The molecule has 1 amide bonds. The van der Waals surface area contributed by atoms with Crippen LogP contribution in [0.25, 0.3) is 0 Å². The minimum Gasteiger partial charge on any atom is -0.388 e. The molecule has 90 valence electrons. The summed E-state index contributed by atoms with van der Waals surface area (Å²) in [5.41, 5.74) is 3.61. The number of carbonyl (C=O) groups excluding carboxylic acids is 1. The molecule has 0 aromatic heterocycles. The van der Waals surface area contributed by atoms with Crippen LogP contribution in [-0.2, 0) is 4.79 Å². The van der Waals surface area contributed by atoms with E-state index in [4.69, 9.17) is 0 Å². The first kappa shape index (κ1) is 11.7. The van der Waals surface area contributed by atoms with Crippen LogP contribution >= 0.6 is 0 Å². The molecular formula is C12H13FN2O2. The maximum atomic E-state index is 12.8. The lowest BCUT2D eigenvalue weighted by atomic mass is 9.88. The lowest BCUT2D eigenvalue weighted by Gasteiger charge is -2.25. The quantitative estimate of drug-likeness (QED) is 0.814. The Bertz CT molecular complexity index is 456. The molecule has 0 bridgehead atoms. The normalized spacial score (nSPS) is 21.7. The summed E-state index contributed by atoms with van der Waals surface area (Å²) in [7, 11) is 0. The number of rotatable bonds is 2. The molecule has 0 aliphatic carbocycles. The monoisotopic (exact) mass is 236 g/mol. The molecule has 2 rings (SSSR count). The lowest BCUT2D eigenvalue weighted by Crippen LogP contribution is -2.34. The molecule has 2 N–H and O–H groups in total. The van der Waals surface area contributed by atoms with Gasteiger partial charge in [-0.1, -0.05) is 12.1 Å². The number of hydrogen-bond acceptors (Lipinski definition) is 3. The summed E-state index contributed by atoms with van der Waals surface area (Å²) in [6.07, 6.45) is -0.654. The highest BCUT2D eigenvalue weighted by Gasteiger charge is 2.29. The summed E-state index contributed by atoms with van der Waals surface area (Å²) in [4.78, 5) is 11.2. The first-order chi connectivity index (χ1) is 8.08. The number of aliphatic hydroxyl groups is 1. The third kappa shape index (κ3) is 2.50. The van der Waals surface area contributed by atoms with Crippen molar-refractivity contribution in [3.63, 3.8) is 0 Å². The summed E-state index contributed by atoms with van der Waals surface area (Å²) in [6, 6.07) is 5.60. The molecule has 0 fully saturated rings. The first-order valence-electron chi connectivity index (χ1n) is 5.34. The fourth-order valence-electron chi connectivity index (χ4n) is 1.86. The van der Waals surface area contributed by atoms with E-state index in [2.05, 4.69) is 10.5 Å². The van der Waals surface area contributed by atoms with E-state index in [0.717, 1.165) is 0 Å². The molecule has 0 radical (unpaired) electrons. The van der Waals surface area contributed by atoms with Crippen molar-refractivity contribution in [1.29, 1.82) is 0 Å². The van der Waals surface area contributed by atoms with Gasteiger partial charge in [0.2, 0.25) is 5.91 Å². The number of amides is 1. The second-order valence-electron chi connectivity index (χ2n) is 4.10. The third-order valence-electron chi connectivity index (χ3n) is 2.89. The van der Waals surface area contributed by atoms with Crippen LogP contribution in [-0.4, -0.2) is 16.7 Å². The topological polar surface area (TPSA) is 61.7 Å².